The molecule has 1 amide bonds. The second-order valence-electron chi connectivity index (χ2n) is 3.56. The topological polar surface area (TPSA) is 46.3 Å². The largest absolute Gasteiger partial charge is 0.343 e. The molecule has 0 saturated carbocycles. The average Bonchev–Trinajstić information content (AvgIpc) is 2.02. The molecule has 0 spiro atoms. The first-order valence-electron chi connectivity index (χ1n) is 5.15. The van der Waals surface area contributed by atoms with E-state index in [1.165, 1.54) is 0 Å². The van der Waals surface area contributed by atoms with E-state index in [4.69, 9.17) is 5.73 Å². The van der Waals surface area contributed by atoms with Crippen molar-refractivity contribution in [3.8, 4) is 0 Å². The number of nitrogens with zero attached hydrogens (tertiary/aromatic N) is 1. The highest BCUT2D eigenvalue weighted by molar-refractivity contribution is 5.76. The Bertz CT molecular complexity index is 140. The number of hydrogen-bond acceptors (Lipinski definition) is 2. The van der Waals surface area contributed by atoms with Crippen LogP contribution in [-0.4, -0.2) is 29.9 Å². The van der Waals surface area contributed by atoms with Crippen LogP contribution in [0.1, 0.15) is 40.0 Å². The normalized spacial score (nSPS) is 12.6. The fourth-order valence-corrected chi connectivity index (χ4v) is 1.31. The van der Waals surface area contributed by atoms with E-state index < -0.39 is 0 Å². The molecule has 0 aliphatic carbocycles. The molecule has 0 aliphatic rings. The van der Waals surface area contributed by atoms with E-state index in [1.54, 1.807) is 0 Å². The van der Waals surface area contributed by atoms with Crippen molar-refractivity contribution in [2.45, 2.75) is 46.1 Å². The van der Waals surface area contributed by atoms with E-state index in [0.29, 0.717) is 6.42 Å². The van der Waals surface area contributed by atoms with Gasteiger partial charge in [-0.05, 0) is 19.8 Å². The minimum Gasteiger partial charge on any atom is -0.343 e. The van der Waals surface area contributed by atoms with Gasteiger partial charge in [0.05, 0.1) is 0 Å². The highest BCUT2D eigenvalue weighted by atomic mass is 16.2. The van der Waals surface area contributed by atoms with Crippen LogP contribution in [0.5, 0.6) is 0 Å². The molecule has 0 aromatic heterocycles. The molecule has 0 heterocycles. The van der Waals surface area contributed by atoms with Gasteiger partial charge >= 0.3 is 0 Å². The van der Waals surface area contributed by atoms with Gasteiger partial charge in [0, 0.05) is 25.6 Å². The molecule has 0 fully saturated rings. The number of rotatable bonds is 6. The fraction of sp³-hybridized carbons (Fsp3) is 0.900. The van der Waals surface area contributed by atoms with Crippen LogP contribution in [0.2, 0.25) is 0 Å². The number of carbonyl (C=O) groups excluding carboxylic acids is 1. The third kappa shape index (κ3) is 5.64. The molecule has 78 valence electrons. The number of carbonyl (C=O) groups is 1. The van der Waals surface area contributed by atoms with E-state index in [2.05, 4.69) is 13.8 Å². The van der Waals surface area contributed by atoms with Crippen LogP contribution < -0.4 is 5.73 Å². The third-order valence-corrected chi connectivity index (χ3v) is 1.84. The standard InChI is InChI=1S/C10H22N2O/c1-4-6-12(7-5-2)10(13)8-9(3)11/h9H,4-8,11H2,1-3H3. The SMILES string of the molecule is CCCN(CCC)C(=O)CC(C)N. The molecule has 1 atom stereocenters. The molecular weight excluding hydrogens is 164 g/mol. The zero-order valence-corrected chi connectivity index (χ0v) is 9.05. The molecule has 0 aromatic rings. The van der Waals surface area contributed by atoms with Crippen LogP contribution in [0, 0.1) is 0 Å². The molecule has 0 bridgehead atoms. The highest BCUT2D eigenvalue weighted by Gasteiger charge is 2.12. The van der Waals surface area contributed by atoms with Crippen molar-refractivity contribution < 1.29 is 4.79 Å². The van der Waals surface area contributed by atoms with Crippen molar-refractivity contribution in [1.29, 1.82) is 0 Å². The lowest BCUT2D eigenvalue weighted by Gasteiger charge is -2.22. The third-order valence-electron chi connectivity index (χ3n) is 1.84. The number of amides is 1. The Hall–Kier alpha value is -0.570. The Morgan fingerprint density at radius 3 is 2.08 bits per heavy atom. The van der Waals surface area contributed by atoms with Crippen LogP contribution in [-0.2, 0) is 4.79 Å². The minimum atomic E-state index is -0.0243. The van der Waals surface area contributed by atoms with E-state index in [0.717, 1.165) is 25.9 Å². The van der Waals surface area contributed by atoms with E-state index >= 15 is 0 Å². The van der Waals surface area contributed by atoms with Gasteiger partial charge in [0.25, 0.3) is 0 Å². The van der Waals surface area contributed by atoms with Crippen LogP contribution in [0.4, 0.5) is 0 Å². The maximum atomic E-state index is 11.6. The lowest BCUT2D eigenvalue weighted by molar-refractivity contribution is -0.131. The Morgan fingerprint density at radius 1 is 1.31 bits per heavy atom. The Balaban J connectivity index is 3.95. The summed E-state index contributed by atoms with van der Waals surface area (Å²) < 4.78 is 0. The van der Waals surface area contributed by atoms with Crippen molar-refractivity contribution in [1.82, 2.24) is 4.90 Å². The lowest BCUT2D eigenvalue weighted by atomic mass is 10.2. The van der Waals surface area contributed by atoms with Gasteiger partial charge in [0.1, 0.15) is 0 Å². The molecule has 0 saturated heterocycles. The number of nitrogens with two attached hydrogens (primary N) is 1. The van der Waals surface area contributed by atoms with Crippen LogP contribution in [0.15, 0.2) is 0 Å². The summed E-state index contributed by atoms with van der Waals surface area (Å²) >= 11 is 0. The predicted octanol–water partition coefficient (Wildman–Crippen LogP) is 1.37. The molecule has 3 nitrogen and oxygen atoms in total. The first-order valence-corrected chi connectivity index (χ1v) is 5.15. The van der Waals surface area contributed by atoms with E-state index in [1.807, 2.05) is 11.8 Å². The maximum Gasteiger partial charge on any atom is 0.224 e. The van der Waals surface area contributed by atoms with E-state index in [-0.39, 0.29) is 11.9 Å². The molecular formula is C10H22N2O. The summed E-state index contributed by atoms with van der Waals surface area (Å²) in [6.45, 7) is 7.76. The Kier molecular flexibility index (Phi) is 6.59. The minimum absolute atomic E-state index is 0.0243. The summed E-state index contributed by atoms with van der Waals surface area (Å²) in [5.74, 6) is 0.193. The van der Waals surface area contributed by atoms with Crippen molar-refractivity contribution in [3.63, 3.8) is 0 Å². The zero-order chi connectivity index (χ0) is 10.3. The first kappa shape index (κ1) is 12.4. The van der Waals surface area contributed by atoms with Gasteiger partial charge in [-0.2, -0.15) is 0 Å². The smallest absolute Gasteiger partial charge is 0.224 e. The highest BCUT2D eigenvalue weighted by Crippen LogP contribution is 2.00. The molecule has 3 heteroatoms. The second kappa shape index (κ2) is 6.89. The molecule has 2 N–H and O–H groups in total. The van der Waals surface area contributed by atoms with Crippen LogP contribution in [0.25, 0.3) is 0 Å². The lowest BCUT2D eigenvalue weighted by Crippen LogP contribution is -2.35. The van der Waals surface area contributed by atoms with Gasteiger partial charge < -0.3 is 10.6 Å². The maximum absolute atomic E-state index is 11.6. The van der Waals surface area contributed by atoms with Gasteiger partial charge in [0.15, 0.2) is 0 Å². The molecule has 0 radical (unpaired) electrons. The molecule has 1 unspecified atom stereocenters. The van der Waals surface area contributed by atoms with Gasteiger partial charge in [-0.1, -0.05) is 13.8 Å². The van der Waals surface area contributed by atoms with Gasteiger partial charge in [0.2, 0.25) is 5.91 Å². The Morgan fingerprint density at radius 2 is 1.77 bits per heavy atom. The van der Waals surface area contributed by atoms with Crippen LogP contribution in [0.3, 0.4) is 0 Å². The van der Waals surface area contributed by atoms with Gasteiger partial charge in [-0.3, -0.25) is 4.79 Å². The Labute approximate surface area is 81.3 Å². The summed E-state index contributed by atoms with van der Waals surface area (Å²) in [6, 6.07) is -0.0243. The molecule has 0 rings (SSSR count). The quantitative estimate of drug-likeness (QED) is 0.681. The fourth-order valence-electron chi connectivity index (χ4n) is 1.31. The van der Waals surface area contributed by atoms with Crippen LogP contribution >= 0.6 is 0 Å². The van der Waals surface area contributed by atoms with Crippen molar-refractivity contribution in [2.75, 3.05) is 13.1 Å². The molecule has 0 aliphatic heterocycles. The van der Waals surface area contributed by atoms with Crippen molar-refractivity contribution >= 4 is 5.91 Å². The van der Waals surface area contributed by atoms with Crippen molar-refractivity contribution in [2.24, 2.45) is 5.73 Å². The van der Waals surface area contributed by atoms with Gasteiger partial charge in [-0.25, -0.2) is 0 Å². The molecule has 0 aromatic carbocycles. The summed E-state index contributed by atoms with van der Waals surface area (Å²) in [4.78, 5) is 13.5. The zero-order valence-electron chi connectivity index (χ0n) is 9.05. The average molecular weight is 186 g/mol. The monoisotopic (exact) mass is 186 g/mol. The summed E-state index contributed by atoms with van der Waals surface area (Å²) in [6.07, 6.45) is 2.51. The summed E-state index contributed by atoms with van der Waals surface area (Å²) in [7, 11) is 0. The summed E-state index contributed by atoms with van der Waals surface area (Å²) in [5.41, 5.74) is 5.58. The van der Waals surface area contributed by atoms with E-state index in [9.17, 15) is 4.79 Å². The number of hydrogen-bond donors (Lipinski definition) is 1. The second-order valence-corrected chi connectivity index (χ2v) is 3.56. The summed E-state index contributed by atoms with van der Waals surface area (Å²) in [5, 5.41) is 0. The van der Waals surface area contributed by atoms with Gasteiger partial charge in [-0.15, -0.1) is 0 Å². The first-order chi connectivity index (χ1) is 6.11. The van der Waals surface area contributed by atoms with Crippen molar-refractivity contribution in [3.05, 3.63) is 0 Å². The molecule has 13 heavy (non-hydrogen) atoms. The predicted molar refractivity (Wildman–Crippen MR) is 55.4 cm³/mol.